The summed E-state index contributed by atoms with van der Waals surface area (Å²) in [6.45, 7) is 3.38. The molecule has 0 bridgehead atoms. The third-order valence-electron chi connectivity index (χ3n) is 3.65. The standard InChI is InChI=1S/C15H16F3NO2/c1-8(2)10-4-3-9(7-12(10)15(16,17)18)11-5-6-13(20)19-14(11)21/h3-4,7-8,11H,5-6H2,1-2H3,(H,19,20,21). The SMILES string of the molecule is CC(C)c1ccc(C2CCC(=O)NC2=O)cc1C(F)(F)F. The Kier molecular flexibility index (Phi) is 4.07. The highest BCUT2D eigenvalue weighted by Crippen LogP contribution is 2.38. The number of rotatable bonds is 2. The van der Waals surface area contributed by atoms with Gasteiger partial charge in [-0.2, -0.15) is 13.2 Å². The van der Waals surface area contributed by atoms with E-state index < -0.39 is 23.6 Å². The molecule has 1 atom stereocenters. The van der Waals surface area contributed by atoms with Crippen molar-refractivity contribution >= 4 is 11.8 Å². The lowest BCUT2D eigenvalue weighted by molar-refractivity contribution is -0.139. The topological polar surface area (TPSA) is 46.2 Å². The van der Waals surface area contributed by atoms with E-state index in [2.05, 4.69) is 5.32 Å². The van der Waals surface area contributed by atoms with Crippen molar-refractivity contribution in [2.45, 2.75) is 44.7 Å². The summed E-state index contributed by atoms with van der Waals surface area (Å²) in [6.07, 6.45) is -4.08. The molecule has 2 amide bonds. The highest BCUT2D eigenvalue weighted by Gasteiger charge is 2.36. The van der Waals surface area contributed by atoms with Crippen molar-refractivity contribution < 1.29 is 22.8 Å². The van der Waals surface area contributed by atoms with Crippen molar-refractivity contribution in [2.75, 3.05) is 0 Å². The van der Waals surface area contributed by atoms with E-state index in [0.29, 0.717) is 5.56 Å². The molecule has 6 heteroatoms. The van der Waals surface area contributed by atoms with Crippen molar-refractivity contribution in [3.8, 4) is 0 Å². The van der Waals surface area contributed by atoms with Crippen LogP contribution in [0, 0.1) is 0 Å². The van der Waals surface area contributed by atoms with Crippen LogP contribution in [0.4, 0.5) is 13.2 Å². The molecule has 1 fully saturated rings. The van der Waals surface area contributed by atoms with E-state index in [0.717, 1.165) is 6.07 Å². The molecule has 1 aliphatic heterocycles. The van der Waals surface area contributed by atoms with Gasteiger partial charge in [0, 0.05) is 6.42 Å². The predicted molar refractivity (Wildman–Crippen MR) is 70.7 cm³/mol. The van der Waals surface area contributed by atoms with E-state index in [1.54, 1.807) is 19.9 Å². The predicted octanol–water partition coefficient (Wildman–Crippen LogP) is 3.35. The molecule has 3 nitrogen and oxygen atoms in total. The van der Waals surface area contributed by atoms with Gasteiger partial charge in [-0.05, 0) is 29.5 Å². The maximum absolute atomic E-state index is 13.2. The molecule has 2 rings (SSSR count). The van der Waals surface area contributed by atoms with Crippen LogP contribution in [0.15, 0.2) is 18.2 Å². The average molecular weight is 299 g/mol. The minimum Gasteiger partial charge on any atom is -0.296 e. The van der Waals surface area contributed by atoms with Gasteiger partial charge in [-0.15, -0.1) is 0 Å². The van der Waals surface area contributed by atoms with Crippen LogP contribution in [-0.2, 0) is 15.8 Å². The van der Waals surface area contributed by atoms with Crippen LogP contribution in [0.1, 0.15) is 55.2 Å². The number of piperidine rings is 1. The molecule has 0 saturated carbocycles. The number of hydrogen-bond acceptors (Lipinski definition) is 2. The van der Waals surface area contributed by atoms with E-state index in [1.165, 1.54) is 6.07 Å². The monoisotopic (exact) mass is 299 g/mol. The van der Waals surface area contributed by atoms with Crippen LogP contribution < -0.4 is 5.32 Å². The van der Waals surface area contributed by atoms with Gasteiger partial charge in [-0.3, -0.25) is 14.9 Å². The Balaban J connectivity index is 2.43. The minimum atomic E-state index is -4.46. The van der Waals surface area contributed by atoms with E-state index in [9.17, 15) is 22.8 Å². The molecule has 1 N–H and O–H groups in total. The minimum absolute atomic E-state index is 0.143. The average Bonchev–Trinajstić information content (AvgIpc) is 2.37. The second kappa shape index (κ2) is 5.50. The molecule has 0 aromatic heterocycles. The van der Waals surface area contributed by atoms with Gasteiger partial charge < -0.3 is 0 Å². The first-order chi connectivity index (χ1) is 9.70. The maximum atomic E-state index is 13.2. The highest BCUT2D eigenvalue weighted by molar-refractivity contribution is 6.00. The smallest absolute Gasteiger partial charge is 0.296 e. The van der Waals surface area contributed by atoms with Gasteiger partial charge in [-0.25, -0.2) is 0 Å². The molecule has 0 radical (unpaired) electrons. The van der Waals surface area contributed by atoms with Crippen molar-refractivity contribution in [3.05, 3.63) is 34.9 Å². The maximum Gasteiger partial charge on any atom is 0.416 e. The van der Waals surface area contributed by atoms with Gasteiger partial charge in [0.2, 0.25) is 11.8 Å². The Labute approximate surface area is 120 Å². The number of nitrogens with one attached hydrogen (secondary N) is 1. The van der Waals surface area contributed by atoms with Gasteiger partial charge in [0.1, 0.15) is 0 Å². The fourth-order valence-corrected chi connectivity index (χ4v) is 2.55. The van der Waals surface area contributed by atoms with Crippen LogP contribution in [-0.4, -0.2) is 11.8 Å². The van der Waals surface area contributed by atoms with E-state index in [1.807, 2.05) is 0 Å². The van der Waals surface area contributed by atoms with Crippen LogP contribution in [0.25, 0.3) is 0 Å². The van der Waals surface area contributed by atoms with Gasteiger partial charge in [-0.1, -0.05) is 26.0 Å². The normalized spacial score (nSPS) is 19.8. The summed E-state index contributed by atoms with van der Waals surface area (Å²) in [5.41, 5.74) is -0.199. The van der Waals surface area contributed by atoms with E-state index in [-0.39, 0.29) is 30.2 Å². The quantitative estimate of drug-likeness (QED) is 0.851. The first kappa shape index (κ1) is 15.5. The molecule has 114 valence electrons. The van der Waals surface area contributed by atoms with E-state index >= 15 is 0 Å². The van der Waals surface area contributed by atoms with Crippen LogP contribution >= 0.6 is 0 Å². The molecule has 0 aliphatic carbocycles. The van der Waals surface area contributed by atoms with Gasteiger partial charge in [0.05, 0.1) is 11.5 Å². The lowest BCUT2D eigenvalue weighted by Crippen LogP contribution is -2.39. The lowest BCUT2D eigenvalue weighted by Gasteiger charge is -2.23. The fraction of sp³-hybridized carbons (Fsp3) is 0.467. The molecule has 21 heavy (non-hydrogen) atoms. The Bertz CT molecular complexity index is 579. The molecule has 1 aromatic rings. The zero-order chi connectivity index (χ0) is 15.8. The number of carbonyl (C=O) groups excluding carboxylic acids is 2. The molecular weight excluding hydrogens is 283 g/mol. The largest absolute Gasteiger partial charge is 0.416 e. The van der Waals surface area contributed by atoms with Crippen molar-refractivity contribution in [3.63, 3.8) is 0 Å². The highest BCUT2D eigenvalue weighted by atomic mass is 19.4. The first-order valence-electron chi connectivity index (χ1n) is 6.75. The van der Waals surface area contributed by atoms with Crippen LogP contribution in [0.5, 0.6) is 0 Å². The summed E-state index contributed by atoms with van der Waals surface area (Å²) in [5.74, 6) is -1.88. The lowest BCUT2D eigenvalue weighted by atomic mass is 9.86. The number of hydrogen-bond donors (Lipinski definition) is 1. The molecule has 1 heterocycles. The summed E-state index contributed by atoms with van der Waals surface area (Å²) < 4.78 is 39.5. The zero-order valence-electron chi connectivity index (χ0n) is 11.8. The van der Waals surface area contributed by atoms with Gasteiger partial charge in [0.25, 0.3) is 0 Å². The molecule has 1 aromatic carbocycles. The zero-order valence-corrected chi connectivity index (χ0v) is 11.8. The van der Waals surface area contributed by atoms with Gasteiger partial charge >= 0.3 is 6.18 Å². The fourth-order valence-electron chi connectivity index (χ4n) is 2.55. The van der Waals surface area contributed by atoms with E-state index in [4.69, 9.17) is 0 Å². The Morgan fingerprint density at radius 3 is 2.43 bits per heavy atom. The number of imide groups is 1. The molecule has 1 aliphatic rings. The summed E-state index contributed by atoms with van der Waals surface area (Å²) >= 11 is 0. The second-order valence-electron chi connectivity index (χ2n) is 5.50. The number of benzene rings is 1. The Morgan fingerprint density at radius 2 is 1.90 bits per heavy atom. The van der Waals surface area contributed by atoms with Crippen molar-refractivity contribution in [2.24, 2.45) is 0 Å². The first-order valence-corrected chi connectivity index (χ1v) is 6.75. The number of halogens is 3. The third-order valence-corrected chi connectivity index (χ3v) is 3.65. The molecule has 0 spiro atoms. The molecule has 1 unspecified atom stereocenters. The number of amides is 2. The summed E-state index contributed by atoms with van der Waals surface area (Å²) in [6, 6.07) is 4.01. The summed E-state index contributed by atoms with van der Waals surface area (Å²) in [4.78, 5) is 22.9. The third kappa shape index (κ3) is 3.25. The number of alkyl halides is 3. The Morgan fingerprint density at radius 1 is 1.24 bits per heavy atom. The van der Waals surface area contributed by atoms with Gasteiger partial charge in [0.15, 0.2) is 0 Å². The number of carbonyl (C=O) groups is 2. The Hall–Kier alpha value is -1.85. The second-order valence-corrected chi connectivity index (χ2v) is 5.50. The summed E-state index contributed by atoms with van der Waals surface area (Å²) in [7, 11) is 0. The van der Waals surface area contributed by atoms with Crippen molar-refractivity contribution in [1.29, 1.82) is 0 Å². The molecule has 1 saturated heterocycles. The molecular formula is C15H16F3NO2. The summed E-state index contributed by atoms with van der Waals surface area (Å²) in [5, 5.41) is 2.16. The van der Waals surface area contributed by atoms with Crippen LogP contribution in [0.3, 0.4) is 0 Å². The van der Waals surface area contributed by atoms with Crippen LogP contribution in [0.2, 0.25) is 0 Å². The van der Waals surface area contributed by atoms with Crippen molar-refractivity contribution in [1.82, 2.24) is 5.32 Å².